The van der Waals surface area contributed by atoms with Gasteiger partial charge in [0, 0.05) is 9.26 Å². The SMILES string of the molecule is NC(=O)CN(CC(=O)O)C(=O)Nc1ccc(I)cc1. The lowest BCUT2D eigenvalue weighted by Crippen LogP contribution is -2.43. The number of carboxylic acid groups (broad SMARTS) is 1. The van der Waals surface area contributed by atoms with E-state index in [0.29, 0.717) is 5.69 Å². The Bertz CT molecular complexity index is 473. The van der Waals surface area contributed by atoms with E-state index >= 15 is 0 Å². The minimum Gasteiger partial charge on any atom is -0.480 e. The molecule has 0 aliphatic rings. The van der Waals surface area contributed by atoms with E-state index < -0.39 is 31.0 Å². The molecular formula is C11H12IN3O4. The topological polar surface area (TPSA) is 113 Å². The van der Waals surface area contributed by atoms with Crippen LogP contribution in [0.25, 0.3) is 0 Å². The van der Waals surface area contributed by atoms with Gasteiger partial charge in [-0.1, -0.05) is 0 Å². The maximum Gasteiger partial charge on any atom is 0.323 e. The summed E-state index contributed by atoms with van der Waals surface area (Å²) in [6.45, 7) is -1.05. The number of nitrogens with two attached hydrogens (primary N) is 1. The summed E-state index contributed by atoms with van der Waals surface area (Å²) in [4.78, 5) is 34.0. The lowest BCUT2D eigenvalue weighted by molar-refractivity contribution is -0.137. The molecule has 8 heteroatoms. The number of amides is 3. The first kappa shape index (κ1) is 15.2. The van der Waals surface area contributed by atoms with Gasteiger partial charge in [0.2, 0.25) is 5.91 Å². The number of carboxylic acids is 1. The maximum absolute atomic E-state index is 11.8. The van der Waals surface area contributed by atoms with Crippen molar-refractivity contribution in [2.24, 2.45) is 5.73 Å². The summed E-state index contributed by atoms with van der Waals surface area (Å²) in [5.74, 6) is -2.00. The van der Waals surface area contributed by atoms with Gasteiger partial charge >= 0.3 is 12.0 Å². The zero-order valence-electron chi connectivity index (χ0n) is 9.80. The van der Waals surface area contributed by atoms with E-state index in [1.807, 2.05) is 0 Å². The van der Waals surface area contributed by atoms with Crippen LogP contribution in [0.15, 0.2) is 24.3 Å². The highest BCUT2D eigenvalue weighted by Gasteiger charge is 2.18. The van der Waals surface area contributed by atoms with Gasteiger partial charge in [-0.2, -0.15) is 0 Å². The van der Waals surface area contributed by atoms with E-state index in [4.69, 9.17) is 10.8 Å². The number of nitrogens with one attached hydrogen (secondary N) is 1. The fourth-order valence-corrected chi connectivity index (χ4v) is 1.65. The first-order valence-corrected chi connectivity index (χ1v) is 6.28. The van der Waals surface area contributed by atoms with Gasteiger partial charge in [-0.25, -0.2) is 4.79 Å². The highest BCUT2D eigenvalue weighted by molar-refractivity contribution is 14.1. The Kier molecular flexibility index (Phi) is 5.55. The van der Waals surface area contributed by atoms with E-state index in [-0.39, 0.29) is 0 Å². The van der Waals surface area contributed by atoms with Crippen LogP contribution < -0.4 is 11.1 Å². The molecule has 0 atom stereocenters. The summed E-state index contributed by atoms with van der Waals surface area (Å²) < 4.78 is 0.995. The van der Waals surface area contributed by atoms with Crippen molar-refractivity contribution >= 4 is 46.2 Å². The van der Waals surface area contributed by atoms with E-state index in [1.54, 1.807) is 24.3 Å². The van der Waals surface area contributed by atoms with Gasteiger partial charge in [0.15, 0.2) is 0 Å². The molecule has 0 saturated heterocycles. The summed E-state index contributed by atoms with van der Waals surface area (Å²) in [6, 6.07) is 6.21. The van der Waals surface area contributed by atoms with Gasteiger partial charge in [-0.15, -0.1) is 0 Å². The highest BCUT2D eigenvalue weighted by Crippen LogP contribution is 2.11. The summed E-state index contributed by atoms with van der Waals surface area (Å²) >= 11 is 2.11. The Hall–Kier alpha value is -1.84. The van der Waals surface area contributed by atoms with Crippen LogP contribution in [0.2, 0.25) is 0 Å². The number of benzene rings is 1. The van der Waals surface area contributed by atoms with Crippen LogP contribution in [0, 0.1) is 3.57 Å². The van der Waals surface area contributed by atoms with Gasteiger partial charge in [0.25, 0.3) is 0 Å². The molecule has 0 radical (unpaired) electrons. The van der Waals surface area contributed by atoms with Crippen molar-refractivity contribution < 1.29 is 19.5 Å². The largest absolute Gasteiger partial charge is 0.480 e. The fourth-order valence-electron chi connectivity index (χ4n) is 1.29. The molecule has 1 rings (SSSR count). The molecule has 0 aliphatic heterocycles. The van der Waals surface area contributed by atoms with E-state index in [9.17, 15) is 14.4 Å². The Morgan fingerprint density at radius 1 is 1.21 bits per heavy atom. The lowest BCUT2D eigenvalue weighted by Gasteiger charge is -2.19. The van der Waals surface area contributed by atoms with Crippen molar-refractivity contribution in [1.82, 2.24) is 4.90 Å². The monoisotopic (exact) mass is 377 g/mol. The Labute approximate surface area is 122 Å². The molecule has 0 aromatic heterocycles. The molecule has 4 N–H and O–H groups in total. The molecule has 0 aliphatic carbocycles. The zero-order chi connectivity index (χ0) is 14.4. The third-order valence-electron chi connectivity index (χ3n) is 2.06. The summed E-state index contributed by atoms with van der Waals surface area (Å²) in [5, 5.41) is 11.2. The van der Waals surface area contributed by atoms with Crippen molar-refractivity contribution in [3.8, 4) is 0 Å². The molecule has 102 valence electrons. The molecule has 19 heavy (non-hydrogen) atoms. The van der Waals surface area contributed by atoms with E-state index in [2.05, 4.69) is 27.9 Å². The number of anilines is 1. The number of hydrogen-bond donors (Lipinski definition) is 3. The zero-order valence-corrected chi connectivity index (χ0v) is 12.0. The molecule has 1 aromatic rings. The van der Waals surface area contributed by atoms with Gasteiger partial charge in [-0.05, 0) is 46.9 Å². The van der Waals surface area contributed by atoms with Crippen LogP contribution in [0.3, 0.4) is 0 Å². The number of rotatable bonds is 5. The Morgan fingerprint density at radius 2 is 1.79 bits per heavy atom. The van der Waals surface area contributed by atoms with Crippen LogP contribution in [-0.4, -0.2) is 41.0 Å². The molecule has 0 bridgehead atoms. The third kappa shape index (κ3) is 5.55. The van der Waals surface area contributed by atoms with Crippen LogP contribution >= 0.6 is 22.6 Å². The van der Waals surface area contributed by atoms with Gasteiger partial charge in [0.05, 0.1) is 0 Å². The second kappa shape index (κ2) is 6.92. The van der Waals surface area contributed by atoms with Crippen LogP contribution in [0.5, 0.6) is 0 Å². The molecule has 0 spiro atoms. The average Bonchev–Trinajstić information content (AvgIpc) is 2.30. The van der Waals surface area contributed by atoms with Crippen molar-refractivity contribution in [3.05, 3.63) is 27.8 Å². The number of carbonyl (C=O) groups excluding carboxylic acids is 2. The minimum atomic E-state index is -1.22. The van der Waals surface area contributed by atoms with Crippen molar-refractivity contribution in [3.63, 3.8) is 0 Å². The normalized spacial score (nSPS) is 9.74. The quantitative estimate of drug-likeness (QED) is 0.656. The molecule has 7 nitrogen and oxygen atoms in total. The number of hydrogen-bond acceptors (Lipinski definition) is 3. The summed E-state index contributed by atoms with van der Waals surface area (Å²) in [5.41, 5.74) is 5.47. The summed E-state index contributed by atoms with van der Waals surface area (Å²) in [7, 11) is 0. The van der Waals surface area contributed by atoms with E-state index in [0.717, 1.165) is 8.47 Å². The predicted molar refractivity (Wildman–Crippen MR) is 76.6 cm³/mol. The Morgan fingerprint density at radius 3 is 2.26 bits per heavy atom. The second-order valence-corrected chi connectivity index (χ2v) is 4.90. The average molecular weight is 377 g/mol. The van der Waals surface area contributed by atoms with Crippen LogP contribution in [0.4, 0.5) is 10.5 Å². The van der Waals surface area contributed by atoms with Crippen molar-refractivity contribution in [2.45, 2.75) is 0 Å². The fraction of sp³-hybridized carbons (Fsp3) is 0.182. The molecule has 0 saturated carbocycles. The first-order valence-electron chi connectivity index (χ1n) is 5.20. The smallest absolute Gasteiger partial charge is 0.323 e. The number of halogens is 1. The first-order chi connectivity index (χ1) is 8.88. The predicted octanol–water partition coefficient (Wildman–Crippen LogP) is 0.695. The van der Waals surface area contributed by atoms with Crippen molar-refractivity contribution in [1.29, 1.82) is 0 Å². The molecule has 0 heterocycles. The van der Waals surface area contributed by atoms with Crippen molar-refractivity contribution in [2.75, 3.05) is 18.4 Å². The number of primary amides is 1. The molecule has 0 unspecified atom stereocenters. The van der Waals surface area contributed by atoms with Gasteiger partial charge in [-0.3, -0.25) is 9.59 Å². The summed E-state index contributed by atoms with van der Waals surface area (Å²) in [6.07, 6.45) is 0. The van der Waals surface area contributed by atoms with Gasteiger partial charge < -0.3 is 21.1 Å². The minimum absolute atomic E-state index is 0.456. The van der Waals surface area contributed by atoms with E-state index in [1.165, 1.54) is 0 Å². The maximum atomic E-state index is 11.8. The molecule has 1 aromatic carbocycles. The Balaban J connectivity index is 2.73. The second-order valence-electron chi connectivity index (χ2n) is 3.65. The lowest BCUT2D eigenvalue weighted by atomic mass is 10.3. The molecule has 3 amide bonds. The van der Waals surface area contributed by atoms with Crippen LogP contribution in [0.1, 0.15) is 0 Å². The van der Waals surface area contributed by atoms with Crippen LogP contribution in [-0.2, 0) is 9.59 Å². The molecule has 0 fully saturated rings. The molecular weight excluding hydrogens is 365 g/mol. The number of aliphatic carboxylic acids is 1. The standard InChI is InChI=1S/C11H12IN3O4/c12-7-1-3-8(4-2-7)14-11(19)15(5-9(13)16)6-10(17)18/h1-4H,5-6H2,(H2,13,16)(H,14,19)(H,17,18). The number of nitrogens with zero attached hydrogens (tertiary/aromatic N) is 1. The highest BCUT2D eigenvalue weighted by atomic mass is 127. The third-order valence-corrected chi connectivity index (χ3v) is 2.77. The number of urea groups is 1. The number of carbonyl (C=O) groups is 3. The van der Waals surface area contributed by atoms with Gasteiger partial charge in [0.1, 0.15) is 13.1 Å².